The molecule has 2 N–H and O–H groups in total. The van der Waals surface area contributed by atoms with Gasteiger partial charge in [0.15, 0.2) is 5.13 Å². The molecule has 0 radical (unpaired) electrons. The predicted molar refractivity (Wildman–Crippen MR) is 68.5 cm³/mol. The van der Waals surface area contributed by atoms with Crippen LogP contribution in [0, 0.1) is 0 Å². The Morgan fingerprint density at radius 1 is 1.06 bits per heavy atom. The number of aromatic nitrogens is 3. The summed E-state index contributed by atoms with van der Waals surface area (Å²) in [7, 11) is 3.74. The highest BCUT2D eigenvalue weighted by molar-refractivity contribution is 7.15. The molecule has 2 aromatic rings. The van der Waals surface area contributed by atoms with Gasteiger partial charge in [0.2, 0.25) is 5.13 Å². The second kappa shape index (κ2) is 5.22. The van der Waals surface area contributed by atoms with Crippen molar-refractivity contribution in [1.29, 1.82) is 0 Å². The van der Waals surface area contributed by atoms with Crippen LogP contribution in [0.2, 0.25) is 0 Å². The Hall–Kier alpha value is -1.21. The van der Waals surface area contributed by atoms with E-state index in [9.17, 15) is 0 Å². The lowest BCUT2D eigenvalue weighted by Gasteiger charge is -1.92. The van der Waals surface area contributed by atoms with Crippen molar-refractivity contribution >= 4 is 32.9 Å². The molecule has 0 saturated heterocycles. The van der Waals surface area contributed by atoms with Gasteiger partial charge in [0.25, 0.3) is 0 Å². The van der Waals surface area contributed by atoms with Crippen molar-refractivity contribution in [2.24, 2.45) is 0 Å². The van der Waals surface area contributed by atoms with Gasteiger partial charge in [0.05, 0.1) is 0 Å². The van der Waals surface area contributed by atoms with Crippen LogP contribution in [0.1, 0.15) is 9.88 Å². The zero-order valence-corrected chi connectivity index (χ0v) is 10.8. The molecule has 0 spiro atoms. The third-order valence-electron chi connectivity index (χ3n) is 2.03. The average Bonchev–Trinajstić information content (AvgIpc) is 2.95. The standard InChI is InChI=1S/C9H13N5S2/c1-10-8-12-5-6(15-8)3-4-7-13-14-9(11-2)16-7/h5H,3-4H2,1-2H3,(H,10,12)(H,11,14). The van der Waals surface area contributed by atoms with Gasteiger partial charge in [-0.25, -0.2) is 4.98 Å². The number of nitrogens with one attached hydrogen (secondary N) is 2. The van der Waals surface area contributed by atoms with E-state index >= 15 is 0 Å². The minimum atomic E-state index is 0.871. The second-order valence-electron chi connectivity index (χ2n) is 3.13. The van der Waals surface area contributed by atoms with E-state index in [-0.39, 0.29) is 0 Å². The van der Waals surface area contributed by atoms with Crippen LogP contribution in [0.3, 0.4) is 0 Å². The van der Waals surface area contributed by atoms with Crippen molar-refractivity contribution in [2.45, 2.75) is 12.8 Å². The summed E-state index contributed by atoms with van der Waals surface area (Å²) in [6.45, 7) is 0. The van der Waals surface area contributed by atoms with Crippen molar-refractivity contribution in [3.05, 3.63) is 16.1 Å². The highest BCUT2D eigenvalue weighted by Crippen LogP contribution is 2.21. The van der Waals surface area contributed by atoms with Crippen LogP contribution in [0.4, 0.5) is 10.3 Å². The summed E-state index contributed by atoms with van der Waals surface area (Å²) >= 11 is 3.28. The summed E-state index contributed by atoms with van der Waals surface area (Å²) < 4.78 is 0. The second-order valence-corrected chi connectivity index (χ2v) is 5.31. The minimum Gasteiger partial charge on any atom is -0.365 e. The van der Waals surface area contributed by atoms with Gasteiger partial charge in [-0.15, -0.1) is 21.5 Å². The molecule has 2 aromatic heterocycles. The maximum atomic E-state index is 4.23. The normalized spacial score (nSPS) is 10.4. The quantitative estimate of drug-likeness (QED) is 0.854. The average molecular weight is 255 g/mol. The van der Waals surface area contributed by atoms with Crippen LogP contribution in [0.25, 0.3) is 0 Å². The number of anilines is 2. The molecule has 2 heterocycles. The Labute approximate surface area is 102 Å². The SMILES string of the molecule is CNc1ncc(CCc2nnc(NC)s2)s1. The van der Waals surface area contributed by atoms with Gasteiger partial charge in [-0.05, 0) is 6.42 Å². The van der Waals surface area contributed by atoms with E-state index in [4.69, 9.17) is 0 Å². The Kier molecular flexibility index (Phi) is 3.68. The van der Waals surface area contributed by atoms with Gasteiger partial charge in [-0.3, -0.25) is 0 Å². The molecule has 0 aliphatic carbocycles. The maximum absolute atomic E-state index is 4.23. The lowest BCUT2D eigenvalue weighted by atomic mass is 10.3. The molecule has 0 aliphatic rings. The number of nitrogens with zero attached hydrogens (tertiary/aromatic N) is 3. The van der Waals surface area contributed by atoms with Crippen LogP contribution in [-0.2, 0) is 12.8 Å². The van der Waals surface area contributed by atoms with Gasteiger partial charge < -0.3 is 10.6 Å². The first-order valence-corrected chi connectivity index (χ1v) is 6.57. The Balaban J connectivity index is 1.91. The highest BCUT2D eigenvalue weighted by atomic mass is 32.1. The number of hydrogen-bond donors (Lipinski definition) is 2. The van der Waals surface area contributed by atoms with Gasteiger partial charge in [0, 0.05) is 31.6 Å². The van der Waals surface area contributed by atoms with E-state index in [2.05, 4.69) is 25.8 Å². The molecule has 0 unspecified atom stereocenters. The van der Waals surface area contributed by atoms with Gasteiger partial charge in [0.1, 0.15) is 5.01 Å². The van der Waals surface area contributed by atoms with Crippen molar-refractivity contribution in [3.8, 4) is 0 Å². The molecule has 86 valence electrons. The fourth-order valence-corrected chi connectivity index (χ4v) is 2.68. The first-order chi connectivity index (χ1) is 7.81. The van der Waals surface area contributed by atoms with E-state index in [1.165, 1.54) is 4.88 Å². The molecule has 0 aliphatic heterocycles. The zero-order chi connectivity index (χ0) is 11.4. The van der Waals surface area contributed by atoms with E-state index in [1.807, 2.05) is 20.3 Å². The largest absolute Gasteiger partial charge is 0.365 e. The lowest BCUT2D eigenvalue weighted by Crippen LogP contribution is -1.87. The Bertz CT molecular complexity index is 408. The molecular weight excluding hydrogens is 242 g/mol. The van der Waals surface area contributed by atoms with E-state index in [0.717, 1.165) is 28.1 Å². The fourth-order valence-electron chi connectivity index (χ4n) is 1.22. The molecule has 0 atom stereocenters. The number of aryl methyl sites for hydroxylation is 2. The van der Waals surface area contributed by atoms with E-state index in [0.29, 0.717) is 0 Å². The Morgan fingerprint density at radius 2 is 1.88 bits per heavy atom. The molecule has 0 bridgehead atoms. The van der Waals surface area contributed by atoms with Crippen LogP contribution in [0.5, 0.6) is 0 Å². The molecule has 16 heavy (non-hydrogen) atoms. The third kappa shape index (κ3) is 2.67. The van der Waals surface area contributed by atoms with Gasteiger partial charge in [-0.1, -0.05) is 11.3 Å². The minimum absolute atomic E-state index is 0.871. The zero-order valence-electron chi connectivity index (χ0n) is 9.15. The fraction of sp³-hybridized carbons (Fsp3) is 0.444. The summed E-state index contributed by atoms with van der Waals surface area (Å²) in [5.74, 6) is 0. The van der Waals surface area contributed by atoms with E-state index < -0.39 is 0 Å². The molecule has 0 fully saturated rings. The molecule has 0 amide bonds. The van der Waals surface area contributed by atoms with Crippen LogP contribution < -0.4 is 10.6 Å². The summed E-state index contributed by atoms with van der Waals surface area (Å²) in [4.78, 5) is 5.50. The van der Waals surface area contributed by atoms with Crippen LogP contribution in [-0.4, -0.2) is 29.3 Å². The van der Waals surface area contributed by atoms with Crippen LogP contribution >= 0.6 is 22.7 Å². The van der Waals surface area contributed by atoms with Crippen molar-refractivity contribution in [2.75, 3.05) is 24.7 Å². The molecule has 0 aromatic carbocycles. The maximum Gasteiger partial charge on any atom is 0.205 e. The molecule has 0 saturated carbocycles. The van der Waals surface area contributed by atoms with Crippen molar-refractivity contribution < 1.29 is 0 Å². The molecular formula is C9H13N5S2. The number of hydrogen-bond acceptors (Lipinski definition) is 7. The summed E-state index contributed by atoms with van der Waals surface area (Å²) in [6.07, 6.45) is 3.80. The first kappa shape index (κ1) is 11.3. The smallest absolute Gasteiger partial charge is 0.205 e. The number of rotatable bonds is 5. The molecule has 2 rings (SSSR count). The van der Waals surface area contributed by atoms with Crippen LogP contribution in [0.15, 0.2) is 6.20 Å². The van der Waals surface area contributed by atoms with Gasteiger partial charge in [-0.2, -0.15) is 0 Å². The first-order valence-electron chi connectivity index (χ1n) is 4.94. The summed E-state index contributed by atoms with van der Waals surface area (Å²) in [6, 6.07) is 0. The monoisotopic (exact) mass is 255 g/mol. The predicted octanol–water partition coefficient (Wildman–Crippen LogP) is 1.86. The number of thiazole rings is 1. The third-order valence-corrected chi connectivity index (χ3v) is 4.11. The summed E-state index contributed by atoms with van der Waals surface area (Å²) in [5, 5.41) is 17.0. The van der Waals surface area contributed by atoms with E-state index in [1.54, 1.807) is 22.7 Å². The Morgan fingerprint density at radius 3 is 2.50 bits per heavy atom. The lowest BCUT2D eigenvalue weighted by molar-refractivity contribution is 0.914. The molecule has 5 nitrogen and oxygen atoms in total. The van der Waals surface area contributed by atoms with Crippen molar-refractivity contribution in [3.63, 3.8) is 0 Å². The highest BCUT2D eigenvalue weighted by Gasteiger charge is 2.05. The van der Waals surface area contributed by atoms with Crippen molar-refractivity contribution in [1.82, 2.24) is 15.2 Å². The summed E-state index contributed by atoms with van der Waals surface area (Å²) in [5.41, 5.74) is 0. The van der Waals surface area contributed by atoms with Gasteiger partial charge >= 0.3 is 0 Å². The molecule has 7 heteroatoms. The topological polar surface area (TPSA) is 62.7 Å².